The number of benzene rings is 4. The summed E-state index contributed by atoms with van der Waals surface area (Å²) < 4.78 is 0. The van der Waals surface area contributed by atoms with Crippen molar-refractivity contribution in [3.05, 3.63) is 108 Å². The van der Waals surface area contributed by atoms with Gasteiger partial charge in [0.1, 0.15) is 0 Å². The van der Waals surface area contributed by atoms with E-state index in [4.69, 9.17) is 0 Å². The van der Waals surface area contributed by atoms with Gasteiger partial charge in [0.2, 0.25) is 0 Å². The minimum atomic E-state index is -1.03. The molecule has 4 aromatic carbocycles. The largest absolute Gasteiger partial charge is 0.478 e. The minimum absolute atomic E-state index is 0.0706. The second-order valence-electron chi connectivity index (χ2n) is 8.21. The summed E-state index contributed by atoms with van der Waals surface area (Å²) in [6.45, 7) is 4.12. The SMILES string of the molecule is CC(C)c1cc(-c2ccccc2)cc(-c2ccccc2C(=O)O)c1-c1ccccc1C(=O)O. The van der Waals surface area contributed by atoms with E-state index < -0.39 is 11.9 Å². The van der Waals surface area contributed by atoms with Crippen molar-refractivity contribution in [2.75, 3.05) is 0 Å². The Labute approximate surface area is 192 Å². The number of hydrogen-bond acceptors (Lipinski definition) is 2. The van der Waals surface area contributed by atoms with Crippen molar-refractivity contribution in [2.24, 2.45) is 0 Å². The first kappa shape index (κ1) is 22.0. The summed E-state index contributed by atoms with van der Waals surface area (Å²) >= 11 is 0. The zero-order valence-electron chi connectivity index (χ0n) is 18.4. The molecule has 4 heteroatoms. The fourth-order valence-electron chi connectivity index (χ4n) is 4.22. The number of carboxylic acids is 2. The highest BCUT2D eigenvalue weighted by atomic mass is 16.4. The van der Waals surface area contributed by atoms with Crippen LogP contribution in [0.2, 0.25) is 0 Å². The monoisotopic (exact) mass is 436 g/mol. The molecule has 0 fully saturated rings. The van der Waals surface area contributed by atoms with E-state index in [0.29, 0.717) is 16.7 Å². The molecule has 33 heavy (non-hydrogen) atoms. The predicted octanol–water partition coefficient (Wildman–Crippen LogP) is 7.21. The maximum Gasteiger partial charge on any atom is 0.336 e. The highest BCUT2D eigenvalue weighted by Gasteiger charge is 2.23. The lowest BCUT2D eigenvalue weighted by molar-refractivity contribution is 0.0686. The van der Waals surface area contributed by atoms with E-state index in [-0.39, 0.29) is 17.0 Å². The Hall–Kier alpha value is -4.18. The molecule has 164 valence electrons. The van der Waals surface area contributed by atoms with Gasteiger partial charge in [-0.1, -0.05) is 86.6 Å². The van der Waals surface area contributed by atoms with E-state index in [2.05, 4.69) is 19.9 Å². The fraction of sp³-hybridized carbons (Fsp3) is 0.103. The molecule has 0 amide bonds. The molecule has 0 saturated carbocycles. The second kappa shape index (κ2) is 9.13. The van der Waals surface area contributed by atoms with Crippen molar-refractivity contribution >= 4 is 11.9 Å². The maximum atomic E-state index is 12.1. The van der Waals surface area contributed by atoms with Gasteiger partial charge in [0, 0.05) is 0 Å². The lowest BCUT2D eigenvalue weighted by atomic mass is 9.81. The van der Waals surface area contributed by atoms with Crippen LogP contribution in [0.15, 0.2) is 91.0 Å². The first-order chi connectivity index (χ1) is 15.9. The van der Waals surface area contributed by atoms with Crippen LogP contribution in [0.5, 0.6) is 0 Å². The van der Waals surface area contributed by atoms with Crippen LogP contribution in [-0.4, -0.2) is 22.2 Å². The van der Waals surface area contributed by atoms with Crippen LogP contribution >= 0.6 is 0 Å². The molecule has 0 aliphatic carbocycles. The van der Waals surface area contributed by atoms with Crippen molar-refractivity contribution in [2.45, 2.75) is 19.8 Å². The van der Waals surface area contributed by atoms with Crippen LogP contribution in [0.3, 0.4) is 0 Å². The summed E-state index contributed by atoms with van der Waals surface area (Å²) in [5.41, 5.74) is 5.84. The second-order valence-corrected chi connectivity index (χ2v) is 8.21. The van der Waals surface area contributed by atoms with Crippen LogP contribution in [0.1, 0.15) is 46.0 Å². The Morgan fingerprint density at radius 1 is 0.606 bits per heavy atom. The van der Waals surface area contributed by atoms with Gasteiger partial charge in [-0.2, -0.15) is 0 Å². The molecule has 4 nitrogen and oxygen atoms in total. The van der Waals surface area contributed by atoms with Crippen molar-refractivity contribution in [1.82, 2.24) is 0 Å². The molecule has 0 atom stereocenters. The number of hydrogen-bond donors (Lipinski definition) is 2. The third-order valence-corrected chi connectivity index (χ3v) is 5.77. The molecule has 0 bridgehead atoms. The molecule has 2 N–H and O–H groups in total. The van der Waals surface area contributed by atoms with E-state index in [9.17, 15) is 19.8 Å². The number of carboxylic acid groups (broad SMARTS) is 2. The summed E-state index contributed by atoms with van der Waals surface area (Å²) in [5, 5.41) is 19.8. The predicted molar refractivity (Wildman–Crippen MR) is 131 cm³/mol. The van der Waals surface area contributed by atoms with Gasteiger partial charge in [-0.25, -0.2) is 9.59 Å². The van der Waals surface area contributed by atoms with Crippen LogP contribution in [-0.2, 0) is 0 Å². The van der Waals surface area contributed by atoms with E-state index in [1.54, 1.807) is 42.5 Å². The molecule has 0 aromatic heterocycles. The summed E-state index contributed by atoms with van der Waals surface area (Å²) in [5.74, 6) is -1.98. The molecule has 0 aliphatic rings. The fourth-order valence-corrected chi connectivity index (χ4v) is 4.22. The van der Waals surface area contributed by atoms with Gasteiger partial charge >= 0.3 is 11.9 Å². The van der Waals surface area contributed by atoms with E-state index in [1.165, 1.54) is 0 Å². The van der Waals surface area contributed by atoms with Crippen molar-refractivity contribution < 1.29 is 19.8 Å². The Morgan fingerprint density at radius 3 is 1.70 bits per heavy atom. The van der Waals surface area contributed by atoms with Crippen molar-refractivity contribution in [1.29, 1.82) is 0 Å². The topological polar surface area (TPSA) is 74.6 Å². The van der Waals surface area contributed by atoms with E-state index in [1.807, 2.05) is 42.5 Å². The maximum absolute atomic E-state index is 12.1. The summed E-state index contributed by atoms with van der Waals surface area (Å²) in [4.78, 5) is 24.2. The normalized spacial score (nSPS) is 10.9. The number of carbonyl (C=O) groups is 2. The average molecular weight is 437 g/mol. The first-order valence-electron chi connectivity index (χ1n) is 10.8. The quantitative estimate of drug-likeness (QED) is 0.335. The molecular formula is C29H24O4. The van der Waals surface area contributed by atoms with Gasteiger partial charge in [-0.05, 0) is 63.1 Å². The molecule has 0 aliphatic heterocycles. The van der Waals surface area contributed by atoms with Gasteiger partial charge in [-0.3, -0.25) is 0 Å². The smallest absolute Gasteiger partial charge is 0.336 e. The molecule has 0 unspecified atom stereocenters. The van der Waals surface area contributed by atoms with Gasteiger partial charge in [0.25, 0.3) is 0 Å². The van der Waals surface area contributed by atoms with Crippen LogP contribution < -0.4 is 0 Å². The lowest BCUT2D eigenvalue weighted by Gasteiger charge is -2.22. The number of rotatable bonds is 6. The summed E-state index contributed by atoms with van der Waals surface area (Å²) in [6.07, 6.45) is 0. The molecule has 0 radical (unpaired) electrons. The van der Waals surface area contributed by atoms with E-state index >= 15 is 0 Å². The Bertz CT molecular complexity index is 1340. The van der Waals surface area contributed by atoms with Crippen molar-refractivity contribution in [3.63, 3.8) is 0 Å². The van der Waals surface area contributed by atoms with Gasteiger partial charge in [0.05, 0.1) is 11.1 Å². The minimum Gasteiger partial charge on any atom is -0.478 e. The molecule has 0 saturated heterocycles. The standard InChI is InChI=1S/C29H24O4/c1-18(2)25-16-20(19-10-4-3-5-11-19)17-26(21-12-6-8-14-23(21)28(30)31)27(25)22-13-7-9-15-24(22)29(32)33/h3-18H,1-2H3,(H,30,31)(H,32,33). The van der Waals surface area contributed by atoms with Gasteiger partial charge in [-0.15, -0.1) is 0 Å². The summed E-state index contributed by atoms with van der Waals surface area (Å²) in [6, 6.07) is 27.7. The molecule has 0 spiro atoms. The Kier molecular flexibility index (Phi) is 6.09. The third kappa shape index (κ3) is 4.28. The highest BCUT2D eigenvalue weighted by Crippen LogP contribution is 2.43. The van der Waals surface area contributed by atoms with Crippen LogP contribution in [0.25, 0.3) is 33.4 Å². The Balaban J connectivity index is 2.16. The average Bonchev–Trinajstić information content (AvgIpc) is 2.83. The van der Waals surface area contributed by atoms with Gasteiger partial charge in [0.15, 0.2) is 0 Å². The first-order valence-corrected chi connectivity index (χ1v) is 10.8. The summed E-state index contributed by atoms with van der Waals surface area (Å²) in [7, 11) is 0. The highest BCUT2D eigenvalue weighted by molar-refractivity contribution is 6.04. The lowest BCUT2D eigenvalue weighted by Crippen LogP contribution is -2.05. The molecule has 4 aromatic rings. The van der Waals surface area contributed by atoms with Crippen LogP contribution in [0.4, 0.5) is 0 Å². The third-order valence-electron chi connectivity index (χ3n) is 5.77. The molecular weight excluding hydrogens is 412 g/mol. The zero-order chi connectivity index (χ0) is 23.5. The van der Waals surface area contributed by atoms with Crippen LogP contribution in [0, 0.1) is 0 Å². The zero-order valence-corrected chi connectivity index (χ0v) is 18.4. The Morgan fingerprint density at radius 2 is 1.12 bits per heavy atom. The van der Waals surface area contributed by atoms with Gasteiger partial charge < -0.3 is 10.2 Å². The molecule has 0 heterocycles. The number of aromatic carboxylic acids is 2. The molecule has 4 rings (SSSR count). The van der Waals surface area contributed by atoms with Crippen molar-refractivity contribution in [3.8, 4) is 33.4 Å². The van der Waals surface area contributed by atoms with E-state index in [0.717, 1.165) is 22.3 Å².